The number of piperidine rings is 1. The second kappa shape index (κ2) is 5.50. The second-order valence-corrected chi connectivity index (χ2v) is 5.29. The largest absolute Gasteiger partial charge is 0.326 e. The van der Waals surface area contributed by atoms with Crippen molar-refractivity contribution < 1.29 is 4.79 Å². The van der Waals surface area contributed by atoms with Crippen molar-refractivity contribution in [1.82, 2.24) is 15.3 Å². The van der Waals surface area contributed by atoms with E-state index in [2.05, 4.69) is 20.6 Å². The first-order chi connectivity index (χ1) is 9.70. The van der Waals surface area contributed by atoms with Gasteiger partial charge in [-0.15, -0.1) is 0 Å². The number of nitrogens with one attached hydrogen (secondary N) is 4. The van der Waals surface area contributed by atoms with Crippen molar-refractivity contribution in [1.29, 1.82) is 0 Å². The minimum atomic E-state index is -0.238. The quantitative estimate of drug-likeness (QED) is 0.677. The van der Waals surface area contributed by atoms with Crippen LogP contribution in [0.4, 0.5) is 5.69 Å². The number of hydrogen-bond acceptors (Lipinski definition) is 3. The van der Waals surface area contributed by atoms with Crippen molar-refractivity contribution in [2.75, 3.05) is 18.4 Å². The predicted molar refractivity (Wildman–Crippen MR) is 77.8 cm³/mol. The van der Waals surface area contributed by atoms with Gasteiger partial charge in [-0.25, -0.2) is 4.79 Å². The van der Waals surface area contributed by atoms with Crippen LogP contribution in [-0.4, -0.2) is 29.0 Å². The highest BCUT2D eigenvalue weighted by Crippen LogP contribution is 2.18. The van der Waals surface area contributed by atoms with Crippen molar-refractivity contribution in [2.24, 2.45) is 5.92 Å². The first-order valence-corrected chi connectivity index (χ1v) is 6.93. The van der Waals surface area contributed by atoms with Crippen molar-refractivity contribution in [3.05, 3.63) is 28.7 Å². The Labute approximate surface area is 116 Å². The van der Waals surface area contributed by atoms with Gasteiger partial charge in [-0.05, 0) is 50.0 Å². The Balaban J connectivity index is 1.65. The van der Waals surface area contributed by atoms with Crippen LogP contribution in [0.3, 0.4) is 0 Å². The molecule has 0 radical (unpaired) electrons. The van der Waals surface area contributed by atoms with Crippen molar-refractivity contribution in [3.63, 3.8) is 0 Å². The Morgan fingerprint density at radius 2 is 1.95 bits per heavy atom. The van der Waals surface area contributed by atoms with Crippen LogP contribution >= 0.6 is 0 Å². The van der Waals surface area contributed by atoms with Gasteiger partial charge in [-0.3, -0.25) is 4.79 Å². The Morgan fingerprint density at radius 1 is 1.20 bits per heavy atom. The lowest BCUT2D eigenvalue weighted by Gasteiger charge is -2.21. The molecule has 6 heteroatoms. The molecule has 1 fully saturated rings. The molecule has 1 amide bonds. The first kappa shape index (κ1) is 12.9. The lowest BCUT2D eigenvalue weighted by molar-refractivity contribution is -0.117. The topological polar surface area (TPSA) is 89.8 Å². The Hall–Kier alpha value is -2.08. The number of benzene rings is 1. The van der Waals surface area contributed by atoms with Crippen molar-refractivity contribution >= 4 is 22.6 Å². The van der Waals surface area contributed by atoms with Gasteiger partial charge < -0.3 is 20.6 Å². The molecule has 1 aliphatic rings. The zero-order valence-corrected chi connectivity index (χ0v) is 11.2. The fourth-order valence-electron chi connectivity index (χ4n) is 2.67. The van der Waals surface area contributed by atoms with Crippen molar-refractivity contribution in [2.45, 2.75) is 19.3 Å². The van der Waals surface area contributed by atoms with E-state index in [9.17, 15) is 9.59 Å². The molecule has 1 aromatic carbocycles. The third-order valence-corrected chi connectivity index (χ3v) is 3.73. The van der Waals surface area contributed by atoms with Gasteiger partial charge in [-0.2, -0.15) is 0 Å². The summed E-state index contributed by atoms with van der Waals surface area (Å²) in [5.41, 5.74) is 1.92. The molecule has 106 valence electrons. The summed E-state index contributed by atoms with van der Waals surface area (Å²) in [7, 11) is 0. The standard InChI is InChI=1S/C14H18N4O2/c19-13(7-9-3-5-15-6-4-9)16-10-1-2-11-12(8-10)18-14(20)17-11/h1-2,8-9,15H,3-7H2,(H,16,19)(H2,17,18,20). The van der Waals surface area contributed by atoms with Crippen LogP contribution in [0.1, 0.15) is 19.3 Å². The fraction of sp³-hybridized carbons (Fsp3) is 0.429. The fourth-order valence-corrected chi connectivity index (χ4v) is 2.67. The summed E-state index contributed by atoms with van der Waals surface area (Å²) in [5.74, 6) is 0.501. The first-order valence-electron chi connectivity index (χ1n) is 6.93. The molecule has 1 saturated heterocycles. The molecule has 2 heterocycles. The van der Waals surface area contributed by atoms with E-state index in [0.29, 0.717) is 23.5 Å². The molecule has 0 unspecified atom stereocenters. The number of aromatic amines is 2. The molecule has 4 N–H and O–H groups in total. The number of H-pyrrole nitrogens is 2. The van der Waals surface area contributed by atoms with Crippen LogP contribution < -0.4 is 16.3 Å². The molecular formula is C14H18N4O2. The summed E-state index contributed by atoms with van der Waals surface area (Å²) < 4.78 is 0. The Bertz CT molecular complexity index is 667. The number of aromatic nitrogens is 2. The van der Waals surface area contributed by atoms with Gasteiger partial charge in [0.25, 0.3) is 0 Å². The monoisotopic (exact) mass is 274 g/mol. The van der Waals surface area contributed by atoms with Gasteiger partial charge in [0.15, 0.2) is 0 Å². The number of imidazole rings is 1. The molecule has 1 aromatic heterocycles. The summed E-state index contributed by atoms with van der Waals surface area (Å²) >= 11 is 0. The number of amides is 1. The average Bonchev–Trinajstić information content (AvgIpc) is 2.79. The molecule has 0 saturated carbocycles. The van der Waals surface area contributed by atoms with Gasteiger partial charge >= 0.3 is 5.69 Å². The van der Waals surface area contributed by atoms with Gasteiger partial charge in [-0.1, -0.05) is 0 Å². The normalized spacial score (nSPS) is 16.4. The van der Waals surface area contributed by atoms with E-state index < -0.39 is 0 Å². The number of hydrogen-bond donors (Lipinski definition) is 4. The number of carbonyl (C=O) groups is 1. The van der Waals surface area contributed by atoms with Crippen LogP contribution in [0.25, 0.3) is 11.0 Å². The van der Waals surface area contributed by atoms with E-state index in [4.69, 9.17) is 0 Å². The molecular weight excluding hydrogens is 256 g/mol. The molecule has 0 spiro atoms. The van der Waals surface area contributed by atoms with E-state index in [1.165, 1.54) is 0 Å². The maximum atomic E-state index is 12.0. The molecule has 6 nitrogen and oxygen atoms in total. The van der Waals surface area contributed by atoms with Crippen LogP contribution in [0.15, 0.2) is 23.0 Å². The van der Waals surface area contributed by atoms with Crippen LogP contribution in [0.5, 0.6) is 0 Å². The maximum Gasteiger partial charge on any atom is 0.323 e. The highest BCUT2D eigenvalue weighted by Gasteiger charge is 2.16. The van der Waals surface area contributed by atoms with E-state index in [1.54, 1.807) is 18.2 Å². The molecule has 0 bridgehead atoms. The zero-order chi connectivity index (χ0) is 13.9. The van der Waals surface area contributed by atoms with E-state index in [0.717, 1.165) is 31.4 Å². The zero-order valence-electron chi connectivity index (χ0n) is 11.2. The third-order valence-electron chi connectivity index (χ3n) is 3.73. The lowest BCUT2D eigenvalue weighted by atomic mass is 9.94. The second-order valence-electron chi connectivity index (χ2n) is 5.29. The lowest BCUT2D eigenvalue weighted by Crippen LogP contribution is -2.30. The van der Waals surface area contributed by atoms with Crippen molar-refractivity contribution in [3.8, 4) is 0 Å². The molecule has 0 atom stereocenters. The molecule has 1 aliphatic heterocycles. The smallest absolute Gasteiger partial charge is 0.323 e. The van der Waals surface area contributed by atoms with E-state index in [1.807, 2.05) is 0 Å². The Kier molecular flexibility index (Phi) is 3.56. The maximum absolute atomic E-state index is 12.0. The number of fused-ring (bicyclic) bond motifs is 1. The molecule has 3 rings (SSSR count). The highest BCUT2D eigenvalue weighted by molar-refractivity contribution is 5.93. The summed E-state index contributed by atoms with van der Waals surface area (Å²) in [6, 6.07) is 5.35. The number of rotatable bonds is 3. The number of anilines is 1. The van der Waals surface area contributed by atoms with Gasteiger partial charge in [0, 0.05) is 12.1 Å². The van der Waals surface area contributed by atoms with Gasteiger partial charge in [0.05, 0.1) is 11.0 Å². The molecule has 0 aliphatic carbocycles. The average molecular weight is 274 g/mol. The summed E-state index contributed by atoms with van der Waals surface area (Å²) in [4.78, 5) is 28.5. The summed E-state index contributed by atoms with van der Waals surface area (Å²) in [5, 5.41) is 6.19. The number of carbonyl (C=O) groups excluding carboxylic acids is 1. The highest BCUT2D eigenvalue weighted by atomic mass is 16.1. The molecule has 2 aromatic rings. The van der Waals surface area contributed by atoms with E-state index >= 15 is 0 Å². The van der Waals surface area contributed by atoms with Crippen LogP contribution in [-0.2, 0) is 4.79 Å². The van der Waals surface area contributed by atoms with E-state index in [-0.39, 0.29) is 11.6 Å². The molecule has 20 heavy (non-hydrogen) atoms. The third kappa shape index (κ3) is 2.91. The van der Waals surface area contributed by atoms with Crippen LogP contribution in [0.2, 0.25) is 0 Å². The SMILES string of the molecule is O=C(CC1CCNCC1)Nc1ccc2[nH]c(=O)[nH]c2c1. The van der Waals surface area contributed by atoms with Crippen LogP contribution in [0, 0.1) is 5.92 Å². The minimum absolute atomic E-state index is 0.0362. The Morgan fingerprint density at radius 3 is 2.75 bits per heavy atom. The summed E-state index contributed by atoms with van der Waals surface area (Å²) in [6.07, 6.45) is 2.67. The van der Waals surface area contributed by atoms with Gasteiger partial charge in [0.1, 0.15) is 0 Å². The minimum Gasteiger partial charge on any atom is -0.326 e. The summed E-state index contributed by atoms with van der Waals surface area (Å²) in [6.45, 7) is 1.99. The predicted octanol–water partition coefficient (Wildman–Crippen LogP) is 1.18. The van der Waals surface area contributed by atoms with Gasteiger partial charge in [0.2, 0.25) is 5.91 Å².